The summed E-state index contributed by atoms with van der Waals surface area (Å²) in [6.07, 6.45) is 6.67. The number of unbranched alkanes of at least 4 members (excludes halogenated alkanes) is 10. The van der Waals surface area contributed by atoms with Crippen LogP contribution in [0.2, 0.25) is 0 Å². The monoisotopic (exact) mass is 1510 g/mol. The van der Waals surface area contributed by atoms with Gasteiger partial charge < -0.3 is 77.5 Å². The van der Waals surface area contributed by atoms with Crippen LogP contribution < -0.4 is 20.7 Å². The van der Waals surface area contributed by atoms with Gasteiger partial charge >= 0.3 is 23.9 Å². The number of esters is 4. The fraction of sp³-hybridized carbons (Fsp3) is 0.816. The third kappa shape index (κ3) is 33.5. The number of ether oxygens (including phenoxy) is 13. The van der Waals surface area contributed by atoms with Crippen molar-refractivity contribution in [3.05, 3.63) is 29.1 Å². The second-order valence-corrected chi connectivity index (χ2v) is 28.9. The summed E-state index contributed by atoms with van der Waals surface area (Å²) in [4.78, 5) is 100. The van der Waals surface area contributed by atoms with Gasteiger partial charge in [0.25, 0.3) is 0 Å². The number of hydrogen-bond donors (Lipinski definition) is 3. The highest BCUT2D eigenvalue weighted by molar-refractivity contribution is 5.79. The Labute approximate surface area is 617 Å². The fourth-order valence-electron chi connectivity index (χ4n) is 12.8. The van der Waals surface area contributed by atoms with Crippen LogP contribution in [0.3, 0.4) is 0 Å². The van der Waals surface area contributed by atoms with Crippen molar-refractivity contribution < 1.29 is 122 Å². The maximum Gasteiger partial charge on any atom is 0.311 e. The SMILES string of the molecule is CC(=O)OCC1O[C@@H](OCCCCCCCC(=O)CCOCC(COCCC(=O)NCCCCCCO[C@@H]2OC(COC(C)=O)[C@H](C)[C@H](C)C2C)(COCCC(=O)NCCCCCCO[C@@H]2OC(COC(C)=O)[C@H](C)[C@H](C)C2C)NC(=O)CCCC(=O)Oc2c(F)c(F)c(F)c(F)c2F)C(C)[C@@H](C)[C@H]1C. The van der Waals surface area contributed by atoms with E-state index in [-0.39, 0.29) is 193 Å². The molecule has 0 aliphatic carbocycles. The van der Waals surface area contributed by atoms with E-state index in [4.69, 9.17) is 56.8 Å². The van der Waals surface area contributed by atoms with E-state index in [1.165, 1.54) is 20.8 Å². The smallest absolute Gasteiger partial charge is 0.311 e. The molecule has 0 radical (unpaired) electrons. The predicted molar refractivity (Wildman–Crippen MR) is 375 cm³/mol. The van der Waals surface area contributed by atoms with Crippen molar-refractivity contribution in [2.24, 2.45) is 53.3 Å². The molecular weight excluding hydrogens is 1390 g/mol. The summed E-state index contributed by atoms with van der Waals surface area (Å²) in [5, 5.41) is 8.63. The zero-order chi connectivity index (χ0) is 77.6. The molecule has 1 aromatic rings. The highest BCUT2D eigenvalue weighted by Gasteiger charge is 2.43. The number of halogens is 5. The standard InChI is InChI=1S/C76H122F5N3O21/c1-47-50(4)60(41-99-56(10)85)102-73(53(47)7)96-35-23-17-13-14-20-27-59(88)30-38-93-44-76(84-65(91)28-26-29-66(92)105-72-70(80)68(78)67(77)69(79)71(72)81,45-94-39-31-63(89)82-33-21-15-18-24-36-97-74-54(8)48(2)51(5)61(103-74)42-100-57(11)86)46-95-40-32-64(90)83-34-22-16-19-25-37-98-75-55(9)49(3)52(6)62(104-75)43-101-58(12)87/h47-55,60-62,73-75H,13-46H2,1-12H3,(H,82,89)(H,83,90)(H,84,91)/t47-,48-,49-,50+,51+,52+,53?,54?,55?,60?,61?,62?,73+,74+,75+,76?/m0/s1. The Morgan fingerprint density at radius 3 is 1.09 bits per heavy atom. The lowest BCUT2D eigenvalue weighted by Crippen LogP contribution is -2.58. The summed E-state index contributed by atoms with van der Waals surface area (Å²) >= 11 is 0. The molecule has 0 saturated carbocycles. The van der Waals surface area contributed by atoms with Gasteiger partial charge in [0.05, 0.1) is 58.0 Å². The second-order valence-electron chi connectivity index (χ2n) is 28.9. The van der Waals surface area contributed by atoms with Crippen LogP contribution in [0.5, 0.6) is 5.75 Å². The van der Waals surface area contributed by atoms with Crippen LogP contribution in [-0.2, 0) is 95.2 Å². The Bertz CT molecular complexity index is 2570. The molecule has 3 saturated heterocycles. The van der Waals surface area contributed by atoms with E-state index in [1.54, 1.807) is 0 Å². The summed E-state index contributed by atoms with van der Waals surface area (Å²) in [5.41, 5.74) is -1.56. The molecule has 105 heavy (non-hydrogen) atoms. The number of carbonyl (C=O) groups is 8. The van der Waals surface area contributed by atoms with Gasteiger partial charge in [0.15, 0.2) is 18.9 Å². The summed E-state index contributed by atoms with van der Waals surface area (Å²) in [6.45, 7) is 24.4. The molecule has 3 fully saturated rings. The molecule has 24 nitrogen and oxygen atoms in total. The molecule has 602 valence electrons. The summed E-state index contributed by atoms with van der Waals surface area (Å²) < 4.78 is 146. The number of amides is 3. The molecule has 3 amide bonds. The van der Waals surface area contributed by atoms with E-state index in [1.807, 2.05) is 0 Å². The lowest BCUT2D eigenvalue weighted by Gasteiger charge is -2.43. The molecule has 6 unspecified atom stereocenters. The van der Waals surface area contributed by atoms with Crippen molar-refractivity contribution in [3.63, 3.8) is 0 Å². The number of hydrogen-bond acceptors (Lipinski definition) is 21. The third-order valence-electron chi connectivity index (χ3n) is 20.7. The molecule has 3 heterocycles. The van der Waals surface area contributed by atoms with Crippen molar-refractivity contribution in [2.75, 3.05) is 92.4 Å². The van der Waals surface area contributed by atoms with Crippen LogP contribution in [0.15, 0.2) is 0 Å². The first-order chi connectivity index (χ1) is 50.0. The minimum atomic E-state index is -2.44. The lowest BCUT2D eigenvalue weighted by atomic mass is 9.79. The normalized spacial score (nSPS) is 25.2. The molecule has 0 bridgehead atoms. The average molecular weight is 1510 g/mol. The highest BCUT2D eigenvalue weighted by atomic mass is 19.2. The topological polar surface area (TPSA) is 293 Å². The van der Waals surface area contributed by atoms with Gasteiger partial charge in [-0.2, -0.15) is 8.78 Å². The van der Waals surface area contributed by atoms with Gasteiger partial charge in [-0.25, -0.2) is 13.2 Å². The van der Waals surface area contributed by atoms with Gasteiger partial charge in [-0.3, -0.25) is 38.4 Å². The van der Waals surface area contributed by atoms with E-state index in [0.717, 1.165) is 64.2 Å². The summed E-state index contributed by atoms with van der Waals surface area (Å²) in [6, 6.07) is 0. The summed E-state index contributed by atoms with van der Waals surface area (Å²) in [5.74, 6) is -15.7. The van der Waals surface area contributed by atoms with E-state index in [0.29, 0.717) is 58.1 Å². The number of carbonyl (C=O) groups excluding carboxylic acids is 8. The third-order valence-corrected chi connectivity index (χ3v) is 20.7. The molecular formula is C76H122F5N3O21. The Balaban J connectivity index is 1.33. The van der Waals surface area contributed by atoms with E-state index < -0.39 is 84.0 Å². The molecule has 4 rings (SSSR count). The Kier molecular flexibility index (Phi) is 43.3. The maximum absolute atomic E-state index is 14.4. The van der Waals surface area contributed by atoms with E-state index in [9.17, 15) is 60.3 Å². The molecule has 1 aromatic carbocycles. The van der Waals surface area contributed by atoms with E-state index in [2.05, 4.69) is 83.0 Å². The predicted octanol–water partition coefficient (Wildman–Crippen LogP) is 11.4. The van der Waals surface area contributed by atoms with Crippen LogP contribution in [0.1, 0.15) is 212 Å². The number of benzene rings is 1. The van der Waals surface area contributed by atoms with Crippen molar-refractivity contribution in [3.8, 4) is 5.75 Å². The number of nitrogens with one attached hydrogen (secondary N) is 3. The van der Waals surface area contributed by atoms with Crippen molar-refractivity contribution in [1.29, 1.82) is 0 Å². The molecule has 0 aromatic heterocycles. The van der Waals surface area contributed by atoms with Crippen LogP contribution in [-0.4, -0.2) is 182 Å². The van der Waals surface area contributed by atoms with Gasteiger partial charge in [-0.15, -0.1) is 0 Å². The van der Waals surface area contributed by atoms with Crippen molar-refractivity contribution in [1.82, 2.24) is 16.0 Å². The van der Waals surface area contributed by atoms with Gasteiger partial charge in [0.1, 0.15) is 31.1 Å². The molecule has 15 atom stereocenters. The zero-order valence-electron chi connectivity index (χ0n) is 64.2. The van der Waals surface area contributed by atoms with Crippen LogP contribution in [0.4, 0.5) is 22.0 Å². The quantitative estimate of drug-likeness (QED) is 0.0104. The second kappa shape index (κ2) is 49.5. The Morgan fingerprint density at radius 2 is 0.705 bits per heavy atom. The molecule has 3 aliphatic rings. The van der Waals surface area contributed by atoms with Crippen molar-refractivity contribution >= 4 is 47.4 Å². The number of Topliss-reactive ketones (excluding diaryl/α,β-unsaturated/α-hetero) is 1. The van der Waals surface area contributed by atoms with Gasteiger partial charge in [-0.1, -0.05) is 107 Å². The first-order valence-electron chi connectivity index (χ1n) is 38.0. The largest absolute Gasteiger partial charge is 0.463 e. The van der Waals surface area contributed by atoms with Crippen molar-refractivity contribution in [2.45, 2.75) is 254 Å². The number of ketones is 1. The number of rotatable bonds is 52. The Morgan fingerprint density at radius 1 is 0.362 bits per heavy atom. The van der Waals surface area contributed by atoms with Gasteiger partial charge in [0, 0.05) is 110 Å². The van der Waals surface area contributed by atoms with Gasteiger partial charge in [-0.05, 0) is 80.5 Å². The molecule has 0 spiro atoms. The Hall–Kier alpha value is -5.53. The minimum absolute atomic E-state index is 0.0176. The summed E-state index contributed by atoms with van der Waals surface area (Å²) in [7, 11) is 0. The van der Waals surface area contributed by atoms with Crippen LogP contribution >= 0.6 is 0 Å². The van der Waals surface area contributed by atoms with E-state index >= 15 is 0 Å². The first kappa shape index (κ1) is 91.9. The molecule has 3 aliphatic heterocycles. The average Bonchev–Trinajstić information content (AvgIpc) is 0.813. The van der Waals surface area contributed by atoms with Crippen LogP contribution in [0.25, 0.3) is 0 Å². The maximum atomic E-state index is 14.4. The highest BCUT2D eigenvalue weighted by Crippen LogP contribution is 2.39. The molecule has 29 heteroatoms. The van der Waals surface area contributed by atoms with Gasteiger partial charge in [0.2, 0.25) is 52.6 Å². The minimum Gasteiger partial charge on any atom is -0.463 e. The zero-order valence-corrected chi connectivity index (χ0v) is 64.2. The fourth-order valence-corrected chi connectivity index (χ4v) is 12.8. The van der Waals surface area contributed by atoms with Crippen LogP contribution in [0, 0.1) is 82.3 Å². The first-order valence-corrected chi connectivity index (χ1v) is 38.0. The lowest BCUT2D eigenvalue weighted by molar-refractivity contribution is -0.255. The molecule has 3 N–H and O–H groups in total.